The third kappa shape index (κ3) is 4.34. The van der Waals surface area contributed by atoms with Crippen LogP contribution in [0.25, 0.3) is 11.0 Å². The maximum atomic E-state index is 13.2. The largest absolute Gasteiger partial charge is 0.324 e. The first-order valence-corrected chi connectivity index (χ1v) is 13.5. The Morgan fingerprint density at radius 1 is 1.06 bits per heavy atom. The molecule has 180 valence electrons. The molecule has 0 atom stereocenters. The highest BCUT2D eigenvalue weighted by molar-refractivity contribution is 7.89. The van der Waals surface area contributed by atoms with Gasteiger partial charge in [-0.2, -0.15) is 9.40 Å². The number of amides is 1. The Labute approximate surface area is 200 Å². The van der Waals surface area contributed by atoms with Gasteiger partial charge in [-0.3, -0.25) is 4.79 Å². The second kappa shape index (κ2) is 9.11. The smallest absolute Gasteiger partial charge is 0.243 e. The van der Waals surface area contributed by atoms with E-state index in [1.165, 1.54) is 16.3 Å². The summed E-state index contributed by atoms with van der Waals surface area (Å²) in [6.45, 7) is 4.77. The quantitative estimate of drug-likeness (QED) is 0.596. The van der Waals surface area contributed by atoms with Crippen LogP contribution in [0, 0.1) is 5.92 Å². The maximum Gasteiger partial charge on any atom is 0.243 e. The van der Waals surface area contributed by atoms with Gasteiger partial charge in [0.15, 0.2) is 5.65 Å². The maximum absolute atomic E-state index is 13.2. The molecule has 3 aromatic rings. The minimum atomic E-state index is -3.55. The van der Waals surface area contributed by atoms with E-state index in [0.717, 1.165) is 35.9 Å². The summed E-state index contributed by atoms with van der Waals surface area (Å²) in [6.07, 6.45) is 8.64. The van der Waals surface area contributed by atoms with Gasteiger partial charge in [-0.25, -0.2) is 18.1 Å². The van der Waals surface area contributed by atoms with Gasteiger partial charge in [0.25, 0.3) is 0 Å². The van der Waals surface area contributed by atoms with Crippen molar-refractivity contribution in [2.75, 3.05) is 18.4 Å². The first-order valence-electron chi connectivity index (χ1n) is 12.1. The third-order valence-electron chi connectivity index (χ3n) is 6.97. The van der Waals surface area contributed by atoms with Crippen LogP contribution in [0.15, 0.2) is 41.6 Å². The second-order valence-electron chi connectivity index (χ2n) is 9.62. The van der Waals surface area contributed by atoms with Gasteiger partial charge in [-0.05, 0) is 81.7 Å². The molecule has 34 heavy (non-hydrogen) atoms. The van der Waals surface area contributed by atoms with Gasteiger partial charge < -0.3 is 5.32 Å². The van der Waals surface area contributed by atoms with E-state index in [-0.39, 0.29) is 17.9 Å². The Hall–Kier alpha value is -2.78. The van der Waals surface area contributed by atoms with E-state index in [1.807, 2.05) is 36.7 Å². The van der Waals surface area contributed by atoms with Crippen LogP contribution in [0.5, 0.6) is 0 Å². The summed E-state index contributed by atoms with van der Waals surface area (Å²) in [5, 5.41) is 8.19. The Balaban J connectivity index is 1.22. The van der Waals surface area contributed by atoms with E-state index in [2.05, 4.69) is 15.4 Å². The van der Waals surface area contributed by atoms with E-state index in [9.17, 15) is 13.2 Å². The third-order valence-corrected chi connectivity index (χ3v) is 8.87. The summed E-state index contributed by atoms with van der Waals surface area (Å²) in [4.78, 5) is 17.7. The Kier molecular flexibility index (Phi) is 6.16. The first kappa shape index (κ1) is 23.0. The van der Waals surface area contributed by atoms with E-state index in [0.29, 0.717) is 36.5 Å². The summed E-state index contributed by atoms with van der Waals surface area (Å²) in [6, 6.07) is 7.64. The van der Waals surface area contributed by atoms with Crippen LogP contribution >= 0.6 is 0 Å². The number of hydrogen-bond acceptors (Lipinski definition) is 5. The van der Waals surface area contributed by atoms with Crippen molar-refractivity contribution in [3.63, 3.8) is 0 Å². The van der Waals surface area contributed by atoms with Crippen molar-refractivity contribution in [1.29, 1.82) is 0 Å². The van der Waals surface area contributed by atoms with E-state index in [4.69, 9.17) is 0 Å². The molecule has 3 heterocycles. The standard InChI is InChI=1S/C25H31N5O3S/c1-17(2)30-24-21(15-27-30)13-22(16-26-24)28-25(31)19-9-11-29(12-10-19)34(32,33)23-8-7-18-5-3-4-6-20(18)14-23/h7-8,13-17,19H,3-6,9-12H2,1-2H3,(H,28,31). The molecule has 0 unspecified atom stereocenters. The number of aryl methyl sites for hydroxylation is 2. The summed E-state index contributed by atoms with van der Waals surface area (Å²) in [5.74, 6) is -0.327. The monoisotopic (exact) mass is 481 g/mol. The lowest BCUT2D eigenvalue weighted by Gasteiger charge is -2.31. The number of fused-ring (bicyclic) bond motifs is 2. The second-order valence-corrected chi connectivity index (χ2v) is 11.6. The van der Waals surface area contributed by atoms with Crippen LogP contribution in [0.2, 0.25) is 0 Å². The number of sulfonamides is 1. The SMILES string of the molecule is CC(C)n1ncc2cc(NC(=O)C3CCN(S(=O)(=O)c4ccc5c(c4)CCCC5)CC3)cnc21. The zero-order valence-electron chi connectivity index (χ0n) is 19.7. The number of carbonyl (C=O) groups is 1. The molecule has 1 fully saturated rings. The van der Waals surface area contributed by atoms with Crippen LogP contribution in [-0.4, -0.2) is 46.5 Å². The summed E-state index contributed by atoms with van der Waals surface area (Å²) in [5.41, 5.74) is 3.84. The number of nitrogens with zero attached hydrogens (tertiary/aromatic N) is 4. The number of carbonyl (C=O) groups excluding carboxylic acids is 1. The molecule has 0 radical (unpaired) electrons. The predicted molar refractivity (Wildman–Crippen MR) is 131 cm³/mol. The molecular formula is C25H31N5O3S. The van der Waals surface area contributed by atoms with Crippen molar-refractivity contribution in [1.82, 2.24) is 19.1 Å². The Bertz CT molecular complexity index is 1320. The number of pyridine rings is 1. The fraction of sp³-hybridized carbons (Fsp3) is 0.480. The molecule has 8 nitrogen and oxygen atoms in total. The molecule has 5 rings (SSSR count). The van der Waals surface area contributed by atoms with Gasteiger partial charge >= 0.3 is 0 Å². The molecule has 1 amide bonds. The zero-order valence-corrected chi connectivity index (χ0v) is 20.5. The summed E-state index contributed by atoms with van der Waals surface area (Å²) < 4.78 is 29.8. The fourth-order valence-electron chi connectivity index (χ4n) is 5.01. The molecular weight excluding hydrogens is 450 g/mol. The highest BCUT2D eigenvalue weighted by atomic mass is 32.2. The molecule has 1 aliphatic carbocycles. The van der Waals surface area contributed by atoms with Gasteiger partial charge in [0, 0.05) is 30.4 Å². The van der Waals surface area contributed by atoms with Crippen LogP contribution < -0.4 is 5.32 Å². The van der Waals surface area contributed by atoms with Crippen LogP contribution in [0.4, 0.5) is 5.69 Å². The molecule has 9 heteroatoms. The van der Waals surface area contributed by atoms with Crippen molar-refractivity contribution >= 4 is 32.7 Å². The van der Waals surface area contributed by atoms with E-state index < -0.39 is 10.0 Å². The minimum Gasteiger partial charge on any atom is -0.324 e. The van der Waals surface area contributed by atoms with Gasteiger partial charge in [0.05, 0.1) is 23.0 Å². The molecule has 1 saturated heterocycles. The molecule has 1 aliphatic heterocycles. The number of rotatable bonds is 5. The lowest BCUT2D eigenvalue weighted by Crippen LogP contribution is -2.41. The van der Waals surface area contributed by atoms with Crippen LogP contribution in [0.1, 0.15) is 56.7 Å². The number of piperidine rings is 1. The number of hydrogen-bond donors (Lipinski definition) is 1. The lowest BCUT2D eigenvalue weighted by atomic mass is 9.92. The number of benzene rings is 1. The van der Waals surface area contributed by atoms with Crippen molar-refractivity contribution in [3.8, 4) is 0 Å². The fourth-order valence-corrected chi connectivity index (χ4v) is 6.53. The van der Waals surface area contributed by atoms with Gasteiger partial charge in [-0.15, -0.1) is 0 Å². The van der Waals surface area contributed by atoms with Gasteiger partial charge in [0.2, 0.25) is 15.9 Å². The topological polar surface area (TPSA) is 97.2 Å². The summed E-state index contributed by atoms with van der Waals surface area (Å²) in [7, 11) is -3.55. The minimum absolute atomic E-state index is 0.0942. The highest BCUT2D eigenvalue weighted by Crippen LogP contribution is 2.29. The van der Waals surface area contributed by atoms with Gasteiger partial charge in [0.1, 0.15) is 0 Å². The summed E-state index contributed by atoms with van der Waals surface area (Å²) >= 11 is 0. The Morgan fingerprint density at radius 3 is 2.53 bits per heavy atom. The average Bonchev–Trinajstić information content (AvgIpc) is 3.27. The normalized spacial score (nSPS) is 17.7. The molecule has 1 aromatic carbocycles. The predicted octanol–water partition coefficient (Wildman–Crippen LogP) is 3.93. The van der Waals surface area contributed by atoms with Crippen molar-refractivity contribution < 1.29 is 13.2 Å². The molecule has 2 aliphatic rings. The van der Waals surface area contributed by atoms with Crippen molar-refractivity contribution in [2.45, 2.75) is 63.3 Å². The van der Waals surface area contributed by atoms with Crippen LogP contribution in [-0.2, 0) is 27.7 Å². The highest BCUT2D eigenvalue weighted by Gasteiger charge is 2.32. The van der Waals surface area contributed by atoms with E-state index >= 15 is 0 Å². The van der Waals surface area contributed by atoms with Crippen molar-refractivity contribution in [3.05, 3.63) is 47.8 Å². The molecule has 2 aromatic heterocycles. The molecule has 0 saturated carbocycles. The van der Waals surface area contributed by atoms with Gasteiger partial charge in [-0.1, -0.05) is 6.07 Å². The zero-order chi connectivity index (χ0) is 23.9. The van der Waals surface area contributed by atoms with Crippen molar-refractivity contribution in [2.24, 2.45) is 5.92 Å². The Morgan fingerprint density at radius 2 is 1.79 bits per heavy atom. The number of nitrogens with one attached hydrogen (secondary N) is 1. The first-order chi connectivity index (χ1) is 16.3. The van der Waals surface area contributed by atoms with Crippen LogP contribution in [0.3, 0.4) is 0 Å². The number of anilines is 1. The molecule has 0 bridgehead atoms. The molecule has 0 spiro atoms. The lowest BCUT2D eigenvalue weighted by molar-refractivity contribution is -0.120. The molecule has 1 N–H and O–H groups in total. The number of aromatic nitrogens is 3. The van der Waals surface area contributed by atoms with E-state index in [1.54, 1.807) is 18.5 Å². The average molecular weight is 482 g/mol.